The molecule has 4 nitrogen and oxygen atoms in total. The average Bonchev–Trinajstić information content (AvgIpc) is 2.69. The minimum Gasteiger partial charge on any atom is -0.300 e. The van der Waals surface area contributed by atoms with E-state index in [1.54, 1.807) is 6.33 Å². The van der Waals surface area contributed by atoms with Crippen molar-refractivity contribution in [2.75, 3.05) is 0 Å². The quantitative estimate of drug-likeness (QED) is 0.800. The highest BCUT2D eigenvalue weighted by Crippen LogP contribution is 2.19. The van der Waals surface area contributed by atoms with Crippen LogP contribution in [0.25, 0.3) is 5.69 Å². The van der Waals surface area contributed by atoms with E-state index >= 15 is 0 Å². The minimum atomic E-state index is 0.298. The van der Waals surface area contributed by atoms with E-state index in [4.69, 9.17) is 11.6 Å². The Morgan fingerprint density at radius 3 is 2.50 bits per heavy atom. The molecule has 0 unspecified atom stereocenters. The number of rotatable bonds is 3. The molecule has 0 radical (unpaired) electrons. The first-order valence-corrected chi connectivity index (χ1v) is 6.50. The zero-order valence-corrected chi connectivity index (χ0v) is 11.9. The highest BCUT2D eigenvalue weighted by atomic mass is 35.5. The van der Waals surface area contributed by atoms with Crippen LogP contribution in [0.4, 0.5) is 0 Å². The maximum Gasteiger partial charge on any atom is 0.131 e. The summed E-state index contributed by atoms with van der Waals surface area (Å²) in [5.74, 6) is 1.49. The van der Waals surface area contributed by atoms with Gasteiger partial charge >= 0.3 is 0 Å². The molecule has 0 aromatic carbocycles. The van der Waals surface area contributed by atoms with Crippen LogP contribution in [0, 0.1) is 13.8 Å². The fraction of sp³-hybridized carbons (Fsp3) is 0.462. The van der Waals surface area contributed by atoms with Gasteiger partial charge in [-0.15, -0.1) is 11.6 Å². The first-order chi connectivity index (χ1) is 8.54. The van der Waals surface area contributed by atoms with Crippen molar-refractivity contribution in [1.29, 1.82) is 0 Å². The predicted octanol–water partition coefficient (Wildman–Crippen LogP) is 3.14. The maximum absolute atomic E-state index is 5.99. The van der Waals surface area contributed by atoms with Gasteiger partial charge in [-0.1, -0.05) is 13.8 Å². The number of alkyl halides is 1. The Morgan fingerprint density at radius 2 is 2.00 bits per heavy atom. The van der Waals surface area contributed by atoms with Crippen LogP contribution in [-0.4, -0.2) is 19.5 Å². The molecule has 2 aromatic heterocycles. The molecule has 0 aliphatic heterocycles. The van der Waals surface area contributed by atoms with Gasteiger partial charge in [-0.25, -0.2) is 15.0 Å². The largest absolute Gasteiger partial charge is 0.300 e. The van der Waals surface area contributed by atoms with E-state index < -0.39 is 0 Å². The van der Waals surface area contributed by atoms with Crippen LogP contribution in [-0.2, 0) is 5.88 Å². The van der Waals surface area contributed by atoms with Gasteiger partial charge in [0.05, 0.1) is 35.5 Å². The van der Waals surface area contributed by atoms with Crippen molar-refractivity contribution in [3.63, 3.8) is 0 Å². The number of halogens is 1. The molecule has 0 atom stereocenters. The third-order valence-electron chi connectivity index (χ3n) is 3.02. The molecular weight excluding hydrogens is 248 g/mol. The number of imidazole rings is 1. The summed E-state index contributed by atoms with van der Waals surface area (Å²) in [5, 5.41) is 0. The summed E-state index contributed by atoms with van der Waals surface area (Å²) in [7, 11) is 0. The lowest BCUT2D eigenvalue weighted by molar-refractivity contribution is 0.757. The molecule has 0 aliphatic carbocycles. The van der Waals surface area contributed by atoms with Crippen molar-refractivity contribution in [3.05, 3.63) is 35.4 Å². The lowest BCUT2D eigenvalue weighted by Crippen LogP contribution is -2.07. The van der Waals surface area contributed by atoms with E-state index in [1.165, 1.54) is 0 Å². The van der Waals surface area contributed by atoms with Gasteiger partial charge in [-0.3, -0.25) is 4.57 Å². The number of nitrogens with zero attached hydrogens (tertiary/aromatic N) is 4. The fourth-order valence-corrected chi connectivity index (χ4v) is 1.94. The number of hydrogen-bond donors (Lipinski definition) is 0. The summed E-state index contributed by atoms with van der Waals surface area (Å²) >= 11 is 5.99. The maximum atomic E-state index is 5.99. The van der Waals surface area contributed by atoms with Crippen molar-refractivity contribution in [2.45, 2.75) is 39.5 Å². The molecule has 0 aliphatic rings. The van der Waals surface area contributed by atoms with Crippen LogP contribution in [0.3, 0.4) is 0 Å². The first kappa shape index (κ1) is 13.0. The Morgan fingerprint density at radius 1 is 1.28 bits per heavy atom. The molecule has 0 amide bonds. The average molecular weight is 265 g/mol. The van der Waals surface area contributed by atoms with Crippen LogP contribution < -0.4 is 0 Å². The van der Waals surface area contributed by atoms with Gasteiger partial charge in [-0.05, 0) is 13.8 Å². The van der Waals surface area contributed by atoms with Gasteiger partial charge in [-0.2, -0.15) is 0 Å². The summed E-state index contributed by atoms with van der Waals surface area (Å²) < 4.78 is 1.98. The van der Waals surface area contributed by atoms with Gasteiger partial charge in [0, 0.05) is 11.6 Å². The Labute approximate surface area is 112 Å². The van der Waals surface area contributed by atoms with Crippen molar-refractivity contribution < 1.29 is 0 Å². The van der Waals surface area contributed by atoms with Crippen molar-refractivity contribution in [1.82, 2.24) is 19.5 Å². The lowest BCUT2D eigenvalue weighted by Gasteiger charge is -2.12. The summed E-state index contributed by atoms with van der Waals surface area (Å²) in [6.07, 6.45) is 3.61. The highest BCUT2D eigenvalue weighted by Gasteiger charge is 2.12. The fourth-order valence-electron chi connectivity index (χ4n) is 1.75. The van der Waals surface area contributed by atoms with E-state index in [2.05, 4.69) is 28.8 Å². The molecule has 0 spiro atoms. The predicted molar refractivity (Wildman–Crippen MR) is 72.3 cm³/mol. The summed E-state index contributed by atoms with van der Waals surface area (Å²) in [5.41, 5.74) is 3.84. The first-order valence-electron chi connectivity index (χ1n) is 5.97. The smallest absolute Gasteiger partial charge is 0.131 e. The van der Waals surface area contributed by atoms with Crippen LogP contribution in [0.1, 0.15) is 42.7 Å². The number of hydrogen-bond acceptors (Lipinski definition) is 3. The Bertz CT molecular complexity index is 560. The van der Waals surface area contributed by atoms with E-state index in [9.17, 15) is 0 Å². The molecule has 0 N–H and O–H groups in total. The molecule has 2 heterocycles. The Kier molecular flexibility index (Phi) is 3.66. The zero-order chi connectivity index (χ0) is 13.3. The standard InChI is InChI=1S/C13H17ClN4/c1-8(2)13-15-6-12(11(5-14)17-13)18-7-16-9(3)10(18)4/h6-8H,5H2,1-4H3. The zero-order valence-electron chi connectivity index (χ0n) is 11.1. The van der Waals surface area contributed by atoms with Gasteiger partial charge < -0.3 is 0 Å². The van der Waals surface area contributed by atoms with Gasteiger partial charge in [0.2, 0.25) is 0 Å². The molecule has 2 rings (SSSR count). The normalized spacial score (nSPS) is 11.2. The van der Waals surface area contributed by atoms with Crippen molar-refractivity contribution in [2.24, 2.45) is 0 Å². The molecule has 96 valence electrons. The summed E-state index contributed by atoms with van der Waals surface area (Å²) in [6.45, 7) is 8.14. The van der Waals surface area contributed by atoms with Gasteiger partial charge in [0.1, 0.15) is 5.82 Å². The van der Waals surface area contributed by atoms with E-state index in [0.717, 1.165) is 28.6 Å². The lowest BCUT2D eigenvalue weighted by atomic mass is 10.2. The second kappa shape index (κ2) is 5.06. The van der Waals surface area contributed by atoms with Crippen LogP contribution in [0.2, 0.25) is 0 Å². The van der Waals surface area contributed by atoms with Gasteiger partial charge in [0.25, 0.3) is 0 Å². The third-order valence-corrected chi connectivity index (χ3v) is 3.27. The molecular formula is C13H17ClN4. The highest BCUT2D eigenvalue weighted by molar-refractivity contribution is 6.17. The van der Waals surface area contributed by atoms with Crippen molar-refractivity contribution >= 4 is 11.6 Å². The Hall–Kier alpha value is -1.42. The summed E-state index contributed by atoms with van der Waals surface area (Å²) in [4.78, 5) is 13.2. The molecule has 0 saturated heterocycles. The SMILES string of the molecule is Cc1ncn(-c2cnc(C(C)C)nc2CCl)c1C. The van der Waals surface area contributed by atoms with Crippen molar-refractivity contribution in [3.8, 4) is 5.69 Å². The second-order valence-corrected chi connectivity index (χ2v) is 4.90. The molecule has 2 aromatic rings. The van der Waals surface area contributed by atoms with E-state index in [0.29, 0.717) is 11.8 Å². The number of aromatic nitrogens is 4. The topological polar surface area (TPSA) is 43.6 Å². The molecule has 0 fully saturated rings. The molecule has 0 bridgehead atoms. The van der Waals surface area contributed by atoms with Crippen LogP contribution >= 0.6 is 11.6 Å². The van der Waals surface area contributed by atoms with Crippen LogP contribution in [0.5, 0.6) is 0 Å². The van der Waals surface area contributed by atoms with E-state index in [-0.39, 0.29) is 0 Å². The van der Waals surface area contributed by atoms with E-state index in [1.807, 2.05) is 24.6 Å². The van der Waals surface area contributed by atoms with Crippen LogP contribution in [0.15, 0.2) is 12.5 Å². The summed E-state index contributed by atoms with van der Waals surface area (Å²) in [6, 6.07) is 0. The third kappa shape index (κ3) is 2.25. The minimum absolute atomic E-state index is 0.298. The Balaban J connectivity index is 2.54. The monoisotopic (exact) mass is 264 g/mol. The number of aryl methyl sites for hydroxylation is 1. The molecule has 18 heavy (non-hydrogen) atoms. The molecule has 0 saturated carbocycles. The second-order valence-electron chi connectivity index (χ2n) is 4.63. The van der Waals surface area contributed by atoms with Gasteiger partial charge in [0.15, 0.2) is 0 Å². The molecule has 5 heteroatoms.